The van der Waals surface area contributed by atoms with Crippen LogP contribution in [0.5, 0.6) is 11.5 Å². The molecule has 1 unspecified atom stereocenters. The van der Waals surface area contributed by atoms with Gasteiger partial charge in [0.2, 0.25) is 0 Å². The van der Waals surface area contributed by atoms with Crippen molar-refractivity contribution in [1.82, 2.24) is 0 Å². The lowest BCUT2D eigenvalue weighted by molar-refractivity contribution is -0.122. The Bertz CT molecular complexity index is 891. The van der Waals surface area contributed by atoms with Crippen molar-refractivity contribution in [2.45, 2.75) is 26.4 Å². The Labute approximate surface area is 166 Å². The number of hydrogen-bond donors (Lipinski definition) is 1. The molecule has 1 atom stereocenters. The van der Waals surface area contributed by atoms with E-state index in [-0.39, 0.29) is 5.91 Å². The predicted octanol–water partition coefficient (Wildman–Crippen LogP) is 5.02. The van der Waals surface area contributed by atoms with E-state index in [1.807, 2.05) is 73.7 Å². The molecule has 0 aliphatic heterocycles. The van der Waals surface area contributed by atoms with Gasteiger partial charge in [-0.05, 0) is 61.4 Å². The average Bonchev–Trinajstić information content (AvgIpc) is 2.70. The van der Waals surface area contributed by atoms with Gasteiger partial charge in [0, 0.05) is 12.1 Å². The Morgan fingerprint density at radius 2 is 1.68 bits per heavy atom. The van der Waals surface area contributed by atoms with Crippen LogP contribution in [0.2, 0.25) is 0 Å². The highest BCUT2D eigenvalue weighted by molar-refractivity contribution is 5.94. The van der Waals surface area contributed by atoms with Gasteiger partial charge in [0.1, 0.15) is 11.5 Å². The van der Waals surface area contributed by atoms with Gasteiger partial charge in [-0.1, -0.05) is 42.5 Å². The Hall–Kier alpha value is -3.27. The van der Waals surface area contributed by atoms with E-state index in [9.17, 15) is 4.79 Å². The number of nitrogens with one attached hydrogen (secondary N) is 1. The Morgan fingerprint density at radius 3 is 2.39 bits per heavy atom. The molecule has 1 N–H and O–H groups in total. The third-order valence-electron chi connectivity index (χ3n) is 4.30. The summed E-state index contributed by atoms with van der Waals surface area (Å²) in [6.45, 7) is 4.33. The van der Waals surface area contributed by atoms with Crippen LogP contribution in [0.3, 0.4) is 0 Å². The molecule has 3 aromatic rings. The fourth-order valence-corrected chi connectivity index (χ4v) is 2.76. The summed E-state index contributed by atoms with van der Waals surface area (Å²) in [6, 6.07) is 25.2. The van der Waals surface area contributed by atoms with E-state index in [2.05, 4.69) is 17.4 Å². The van der Waals surface area contributed by atoms with Crippen molar-refractivity contribution >= 4 is 11.6 Å². The number of amides is 1. The summed E-state index contributed by atoms with van der Waals surface area (Å²) >= 11 is 0. The Balaban J connectivity index is 1.47. The summed E-state index contributed by atoms with van der Waals surface area (Å²) < 4.78 is 11.5. The van der Waals surface area contributed by atoms with E-state index in [1.165, 1.54) is 5.56 Å². The number of carbonyl (C=O) groups excluding carboxylic acids is 1. The van der Waals surface area contributed by atoms with Crippen LogP contribution in [0.4, 0.5) is 5.69 Å². The zero-order valence-electron chi connectivity index (χ0n) is 16.2. The molecule has 0 radical (unpaired) electrons. The quantitative estimate of drug-likeness (QED) is 0.601. The topological polar surface area (TPSA) is 47.6 Å². The fraction of sp³-hybridized carbons (Fsp3) is 0.208. The predicted molar refractivity (Wildman–Crippen MR) is 112 cm³/mol. The van der Waals surface area contributed by atoms with Crippen molar-refractivity contribution in [3.8, 4) is 11.5 Å². The number of ether oxygens (including phenoxy) is 2. The average molecular weight is 375 g/mol. The van der Waals surface area contributed by atoms with Gasteiger partial charge in [-0.3, -0.25) is 4.79 Å². The number of benzene rings is 3. The molecule has 0 saturated carbocycles. The zero-order valence-corrected chi connectivity index (χ0v) is 16.2. The van der Waals surface area contributed by atoms with E-state index in [0.29, 0.717) is 18.0 Å². The second-order valence-corrected chi connectivity index (χ2v) is 6.67. The van der Waals surface area contributed by atoms with Crippen LogP contribution < -0.4 is 14.8 Å². The molecule has 0 heterocycles. The molecule has 0 aliphatic carbocycles. The lowest BCUT2D eigenvalue weighted by Gasteiger charge is -2.15. The summed E-state index contributed by atoms with van der Waals surface area (Å²) in [4.78, 5) is 12.3. The Morgan fingerprint density at radius 1 is 0.929 bits per heavy atom. The summed E-state index contributed by atoms with van der Waals surface area (Å²) in [6.07, 6.45) is 0.260. The number of rotatable bonds is 8. The number of carbonyl (C=O) groups is 1. The fourth-order valence-electron chi connectivity index (χ4n) is 2.76. The normalized spacial score (nSPS) is 11.5. The van der Waals surface area contributed by atoms with Crippen molar-refractivity contribution in [2.24, 2.45) is 0 Å². The lowest BCUT2D eigenvalue weighted by Crippen LogP contribution is -2.30. The van der Waals surface area contributed by atoms with Crippen molar-refractivity contribution in [2.75, 3.05) is 11.9 Å². The van der Waals surface area contributed by atoms with Crippen LogP contribution in [-0.2, 0) is 11.2 Å². The molecule has 3 aromatic carbocycles. The third kappa shape index (κ3) is 5.88. The monoisotopic (exact) mass is 375 g/mol. The van der Waals surface area contributed by atoms with Gasteiger partial charge in [0.25, 0.3) is 5.91 Å². The van der Waals surface area contributed by atoms with Gasteiger partial charge < -0.3 is 14.8 Å². The molecule has 0 spiro atoms. The first kappa shape index (κ1) is 19.5. The third-order valence-corrected chi connectivity index (χ3v) is 4.30. The van der Waals surface area contributed by atoms with Gasteiger partial charge in [-0.2, -0.15) is 0 Å². The van der Waals surface area contributed by atoms with Crippen molar-refractivity contribution < 1.29 is 14.3 Å². The van der Waals surface area contributed by atoms with Gasteiger partial charge in [0.15, 0.2) is 6.10 Å². The molecule has 0 aliphatic rings. The standard InChI is InChI=1S/C24H25NO3/c1-18-7-6-10-23(17-18)28-19(2)24(26)25-21-11-13-22(14-12-21)27-16-15-20-8-4-3-5-9-20/h3-14,17,19H,15-16H2,1-2H3,(H,25,26). The summed E-state index contributed by atoms with van der Waals surface area (Å²) in [7, 11) is 0. The van der Waals surface area contributed by atoms with Crippen molar-refractivity contribution in [1.29, 1.82) is 0 Å². The molecule has 28 heavy (non-hydrogen) atoms. The van der Waals surface area contributed by atoms with Crippen LogP contribution in [0.15, 0.2) is 78.9 Å². The maximum Gasteiger partial charge on any atom is 0.265 e. The van der Waals surface area contributed by atoms with Gasteiger partial charge in [0.05, 0.1) is 6.61 Å². The van der Waals surface area contributed by atoms with Gasteiger partial charge in [-0.25, -0.2) is 0 Å². The van der Waals surface area contributed by atoms with Crippen molar-refractivity contribution in [3.63, 3.8) is 0 Å². The minimum atomic E-state index is -0.594. The molecule has 0 bridgehead atoms. The zero-order chi connectivity index (χ0) is 19.8. The van der Waals surface area contributed by atoms with Crippen LogP contribution in [0.1, 0.15) is 18.1 Å². The summed E-state index contributed by atoms with van der Waals surface area (Å²) in [5, 5.41) is 2.87. The second-order valence-electron chi connectivity index (χ2n) is 6.67. The molecular weight excluding hydrogens is 350 g/mol. The van der Waals surface area contributed by atoms with E-state index >= 15 is 0 Å². The van der Waals surface area contributed by atoms with E-state index < -0.39 is 6.10 Å². The molecule has 4 heteroatoms. The minimum absolute atomic E-state index is 0.195. The molecule has 4 nitrogen and oxygen atoms in total. The van der Waals surface area contributed by atoms with Crippen LogP contribution >= 0.6 is 0 Å². The molecular formula is C24H25NO3. The largest absolute Gasteiger partial charge is 0.493 e. The van der Waals surface area contributed by atoms with Crippen molar-refractivity contribution in [3.05, 3.63) is 90.0 Å². The molecule has 0 fully saturated rings. The molecule has 0 saturated heterocycles. The highest BCUT2D eigenvalue weighted by Gasteiger charge is 2.15. The number of aryl methyl sites for hydroxylation is 1. The van der Waals surface area contributed by atoms with E-state index in [0.717, 1.165) is 17.7 Å². The first-order valence-corrected chi connectivity index (χ1v) is 9.41. The highest BCUT2D eigenvalue weighted by atomic mass is 16.5. The van der Waals surface area contributed by atoms with E-state index in [1.54, 1.807) is 6.92 Å². The molecule has 144 valence electrons. The summed E-state index contributed by atoms with van der Waals surface area (Å²) in [5.74, 6) is 1.27. The molecule has 1 amide bonds. The maximum atomic E-state index is 12.3. The first-order valence-electron chi connectivity index (χ1n) is 9.41. The maximum absolute atomic E-state index is 12.3. The second kappa shape index (κ2) is 9.60. The summed E-state index contributed by atoms with van der Waals surface area (Å²) in [5.41, 5.74) is 3.04. The van der Waals surface area contributed by atoms with Crippen LogP contribution in [0.25, 0.3) is 0 Å². The highest BCUT2D eigenvalue weighted by Crippen LogP contribution is 2.18. The number of anilines is 1. The van der Waals surface area contributed by atoms with Crippen LogP contribution in [0, 0.1) is 6.92 Å². The van der Waals surface area contributed by atoms with Crippen LogP contribution in [-0.4, -0.2) is 18.6 Å². The van der Waals surface area contributed by atoms with Gasteiger partial charge >= 0.3 is 0 Å². The molecule has 3 rings (SSSR count). The van der Waals surface area contributed by atoms with Gasteiger partial charge in [-0.15, -0.1) is 0 Å². The van der Waals surface area contributed by atoms with E-state index in [4.69, 9.17) is 9.47 Å². The minimum Gasteiger partial charge on any atom is -0.493 e. The smallest absolute Gasteiger partial charge is 0.265 e. The first-order chi connectivity index (χ1) is 13.6. The molecule has 0 aromatic heterocycles. The lowest BCUT2D eigenvalue weighted by atomic mass is 10.2. The SMILES string of the molecule is Cc1cccc(OC(C)C(=O)Nc2ccc(OCCc3ccccc3)cc2)c1. The Kier molecular flexibility index (Phi) is 6.68. The number of hydrogen-bond acceptors (Lipinski definition) is 3.